The summed E-state index contributed by atoms with van der Waals surface area (Å²) in [6.45, 7) is 0. The third-order valence-electron chi connectivity index (χ3n) is 3.94. The Hall–Kier alpha value is -2.01. The molecule has 0 bridgehead atoms. The van der Waals surface area contributed by atoms with Crippen LogP contribution in [-0.2, 0) is 12.8 Å². The van der Waals surface area contributed by atoms with Gasteiger partial charge in [-0.1, -0.05) is 18.2 Å². The van der Waals surface area contributed by atoms with Crippen LogP contribution in [0.1, 0.15) is 21.8 Å². The Bertz CT molecular complexity index is 834. The Balaban J connectivity index is 1.53. The lowest BCUT2D eigenvalue weighted by Crippen LogP contribution is -2.35. The van der Waals surface area contributed by atoms with Gasteiger partial charge in [0.2, 0.25) is 0 Å². The molecule has 4 rings (SSSR count). The average molecular weight is 345 g/mol. The number of H-pyrrole nitrogens is 1. The molecule has 2 heterocycles. The van der Waals surface area contributed by atoms with Crippen molar-refractivity contribution in [3.8, 4) is 0 Å². The van der Waals surface area contributed by atoms with Crippen LogP contribution >= 0.6 is 15.9 Å². The van der Waals surface area contributed by atoms with Crippen molar-refractivity contribution in [3.05, 3.63) is 58.1 Å². The molecule has 0 spiro atoms. The lowest BCUT2D eigenvalue weighted by molar-refractivity contribution is 0.0909. The summed E-state index contributed by atoms with van der Waals surface area (Å²) in [5.74, 6) is 0.169. The van der Waals surface area contributed by atoms with E-state index in [-0.39, 0.29) is 11.9 Å². The minimum absolute atomic E-state index is 0.118. The second-order valence-electron chi connectivity index (χ2n) is 5.31. The lowest BCUT2D eigenvalue weighted by atomic mass is 10.1. The number of carbonyl (C=O) groups is 1. The largest absolute Gasteiger partial charge is 0.444 e. The van der Waals surface area contributed by atoms with Crippen LogP contribution in [-0.4, -0.2) is 16.9 Å². The van der Waals surface area contributed by atoms with Crippen LogP contribution < -0.4 is 5.32 Å². The third-order valence-corrected chi connectivity index (χ3v) is 4.36. The highest BCUT2D eigenvalue weighted by atomic mass is 79.9. The standard InChI is InChI=1S/C16H13BrN2O2/c17-15-6-5-14(21-15)16(20)18-9-7-11-10-3-1-2-4-12(10)19-13(11)8-9/h1-6,9,19H,7-8H2,(H,18,20). The summed E-state index contributed by atoms with van der Waals surface area (Å²) in [4.78, 5) is 15.6. The molecule has 0 fully saturated rings. The van der Waals surface area contributed by atoms with Crippen LogP contribution in [0.3, 0.4) is 0 Å². The van der Waals surface area contributed by atoms with Gasteiger partial charge in [-0.05, 0) is 46.1 Å². The van der Waals surface area contributed by atoms with E-state index in [9.17, 15) is 4.79 Å². The number of para-hydroxylation sites is 1. The molecule has 0 radical (unpaired) electrons. The van der Waals surface area contributed by atoms with Gasteiger partial charge in [-0.2, -0.15) is 0 Å². The fourth-order valence-corrected chi connectivity index (χ4v) is 3.33. The van der Waals surface area contributed by atoms with E-state index in [1.807, 2.05) is 12.1 Å². The number of aromatic nitrogens is 1. The Kier molecular flexibility index (Phi) is 2.89. The molecule has 0 saturated carbocycles. The van der Waals surface area contributed by atoms with E-state index in [1.165, 1.54) is 22.2 Å². The number of furan rings is 1. The highest BCUT2D eigenvalue weighted by Crippen LogP contribution is 2.30. The van der Waals surface area contributed by atoms with Crippen LogP contribution in [0.25, 0.3) is 10.9 Å². The van der Waals surface area contributed by atoms with Crippen molar-refractivity contribution in [2.24, 2.45) is 0 Å². The Morgan fingerprint density at radius 1 is 1.24 bits per heavy atom. The van der Waals surface area contributed by atoms with E-state index in [1.54, 1.807) is 12.1 Å². The first-order chi connectivity index (χ1) is 10.2. The van der Waals surface area contributed by atoms with Gasteiger partial charge in [0.25, 0.3) is 5.91 Å². The number of benzene rings is 1. The molecule has 106 valence electrons. The summed E-state index contributed by atoms with van der Waals surface area (Å²) < 4.78 is 5.85. The van der Waals surface area contributed by atoms with Crippen molar-refractivity contribution in [2.45, 2.75) is 18.9 Å². The third kappa shape index (κ3) is 2.17. The number of fused-ring (bicyclic) bond motifs is 3. The van der Waals surface area contributed by atoms with E-state index in [2.05, 4.69) is 38.4 Å². The average Bonchev–Trinajstić information content (AvgIpc) is 3.12. The first kappa shape index (κ1) is 12.7. The van der Waals surface area contributed by atoms with Gasteiger partial charge in [0, 0.05) is 29.1 Å². The van der Waals surface area contributed by atoms with Crippen LogP contribution in [0.5, 0.6) is 0 Å². The Labute approximate surface area is 129 Å². The normalized spacial score (nSPS) is 17.1. The number of nitrogens with one attached hydrogen (secondary N) is 2. The lowest BCUT2D eigenvalue weighted by Gasteiger charge is -2.11. The summed E-state index contributed by atoms with van der Waals surface area (Å²) in [5.41, 5.74) is 3.71. The molecule has 1 unspecified atom stereocenters. The summed E-state index contributed by atoms with van der Waals surface area (Å²) in [6, 6.07) is 11.8. The van der Waals surface area contributed by atoms with Crippen LogP contribution in [0.15, 0.2) is 45.5 Å². The quantitative estimate of drug-likeness (QED) is 0.748. The molecule has 1 aliphatic rings. The SMILES string of the molecule is O=C(NC1Cc2[nH]c3ccccc3c2C1)c1ccc(Br)o1. The Morgan fingerprint density at radius 2 is 2.10 bits per heavy atom. The van der Waals surface area contributed by atoms with E-state index in [0.717, 1.165) is 12.8 Å². The summed E-state index contributed by atoms with van der Waals surface area (Å²) in [6.07, 6.45) is 1.69. The molecule has 2 N–H and O–H groups in total. The summed E-state index contributed by atoms with van der Waals surface area (Å²) >= 11 is 3.21. The zero-order chi connectivity index (χ0) is 14.4. The maximum atomic E-state index is 12.1. The Morgan fingerprint density at radius 3 is 2.90 bits per heavy atom. The highest BCUT2D eigenvalue weighted by Gasteiger charge is 2.27. The molecule has 4 nitrogen and oxygen atoms in total. The first-order valence-corrected chi connectivity index (χ1v) is 7.64. The molecule has 5 heteroatoms. The molecule has 0 aliphatic heterocycles. The monoisotopic (exact) mass is 344 g/mol. The molecular weight excluding hydrogens is 332 g/mol. The minimum Gasteiger partial charge on any atom is -0.444 e. The second-order valence-corrected chi connectivity index (χ2v) is 6.09. The smallest absolute Gasteiger partial charge is 0.287 e. The van der Waals surface area contributed by atoms with Crippen LogP contribution in [0.4, 0.5) is 0 Å². The minimum atomic E-state index is -0.167. The van der Waals surface area contributed by atoms with Crippen molar-refractivity contribution in [1.29, 1.82) is 0 Å². The van der Waals surface area contributed by atoms with E-state index in [0.29, 0.717) is 10.4 Å². The summed E-state index contributed by atoms with van der Waals surface area (Å²) in [7, 11) is 0. The van der Waals surface area contributed by atoms with Crippen LogP contribution in [0, 0.1) is 0 Å². The number of hydrogen-bond donors (Lipinski definition) is 2. The van der Waals surface area contributed by atoms with Gasteiger partial charge < -0.3 is 14.7 Å². The number of rotatable bonds is 2. The zero-order valence-corrected chi connectivity index (χ0v) is 12.7. The van der Waals surface area contributed by atoms with E-state index >= 15 is 0 Å². The second kappa shape index (κ2) is 4.77. The van der Waals surface area contributed by atoms with Gasteiger partial charge >= 0.3 is 0 Å². The van der Waals surface area contributed by atoms with Gasteiger partial charge in [-0.25, -0.2) is 0 Å². The predicted molar refractivity (Wildman–Crippen MR) is 83.4 cm³/mol. The molecule has 1 aromatic carbocycles. The highest BCUT2D eigenvalue weighted by molar-refractivity contribution is 9.10. The number of aromatic amines is 1. The zero-order valence-electron chi connectivity index (χ0n) is 11.2. The molecule has 0 saturated heterocycles. The van der Waals surface area contributed by atoms with Crippen molar-refractivity contribution < 1.29 is 9.21 Å². The van der Waals surface area contributed by atoms with Gasteiger partial charge in [-0.3, -0.25) is 4.79 Å². The van der Waals surface area contributed by atoms with Gasteiger partial charge in [0.15, 0.2) is 10.4 Å². The first-order valence-electron chi connectivity index (χ1n) is 6.85. The van der Waals surface area contributed by atoms with Crippen molar-refractivity contribution >= 4 is 32.7 Å². The van der Waals surface area contributed by atoms with Crippen LogP contribution in [0.2, 0.25) is 0 Å². The number of hydrogen-bond acceptors (Lipinski definition) is 2. The molecule has 1 atom stereocenters. The number of amides is 1. The van der Waals surface area contributed by atoms with Gasteiger partial charge in [0.1, 0.15) is 0 Å². The van der Waals surface area contributed by atoms with Crippen molar-refractivity contribution in [3.63, 3.8) is 0 Å². The number of halogens is 1. The molecule has 2 aromatic heterocycles. The fraction of sp³-hybridized carbons (Fsp3) is 0.188. The van der Waals surface area contributed by atoms with Gasteiger partial charge in [-0.15, -0.1) is 0 Å². The summed E-state index contributed by atoms with van der Waals surface area (Å²) in [5, 5.41) is 4.29. The molecule has 1 amide bonds. The maximum Gasteiger partial charge on any atom is 0.287 e. The molecule has 3 aromatic rings. The van der Waals surface area contributed by atoms with E-state index < -0.39 is 0 Å². The molecule has 1 aliphatic carbocycles. The molecule has 21 heavy (non-hydrogen) atoms. The predicted octanol–water partition coefficient (Wildman–Crippen LogP) is 3.42. The fourth-order valence-electron chi connectivity index (χ4n) is 3.02. The van der Waals surface area contributed by atoms with E-state index in [4.69, 9.17) is 4.42 Å². The van der Waals surface area contributed by atoms with Crippen molar-refractivity contribution in [2.75, 3.05) is 0 Å². The molecular formula is C16H13BrN2O2. The maximum absolute atomic E-state index is 12.1. The van der Waals surface area contributed by atoms with Crippen molar-refractivity contribution in [1.82, 2.24) is 10.3 Å². The topological polar surface area (TPSA) is 58.0 Å². The van der Waals surface area contributed by atoms with Gasteiger partial charge in [0.05, 0.1) is 0 Å². The number of carbonyl (C=O) groups excluding carboxylic acids is 1.